The monoisotopic (exact) mass is 230 g/mol. The van der Waals surface area contributed by atoms with Crippen LogP contribution in [-0.2, 0) is 4.74 Å². The van der Waals surface area contributed by atoms with Crippen molar-refractivity contribution in [3.8, 4) is 0 Å². The lowest BCUT2D eigenvalue weighted by Crippen LogP contribution is -2.41. The smallest absolute Gasteiger partial charge is 0.166 e. The van der Waals surface area contributed by atoms with Gasteiger partial charge in [0.1, 0.15) is 0 Å². The minimum atomic E-state index is 0.586. The molecule has 1 saturated carbocycles. The molecule has 0 bridgehead atoms. The van der Waals surface area contributed by atoms with Crippen LogP contribution in [0.3, 0.4) is 0 Å². The van der Waals surface area contributed by atoms with E-state index >= 15 is 0 Å². The van der Waals surface area contributed by atoms with Crippen molar-refractivity contribution in [1.82, 2.24) is 10.6 Å². The number of rotatable bonds is 5. The second-order valence-corrected chi connectivity index (χ2v) is 4.77. The van der Waals surface area contributed by atoms with E-state index in [0.717, 1.165) is 30.6 Å². The Balaban J connectivity index is 2.03. The maximum atomic E-state index is 5.22. The van der Waals surface area contributed by atoms with Crippen molar-refractivity contribution in [3.63, 3.8) is 0 Å². The summed E-state index contributed by atoms with van der Waals surface area (Å²) in [5.74, 6) is 0.846. The summed E-state index contributed by atoms with van der Waals surface area (Å²) in [6.45, 7) is 3.98. The van der Waals surface area contributed by atoms with Crippen molar-refractivity contribution in [2.45, 2.75) is 38.6 Å². The first-order chi connectivity index (χ1) is 7.22. The van der Waals surface area contributed by atoms with Gasteiger partial charge in [-0.1, -0.05) is 6.92 Å². The Morgan fingerprint density at radius 2 is 2.27 bits per heavy atom. The number of methoxy groups -OCH3 is 1. The van der Waals surface area contributed by atoms with Crippen LogP contribution >= 0.6 is 12.2 Å². The Morgan fingerprint density at radius 1 is 1.47 bits per heavy atom. The SMILES string of the molecule is COCCCNC(=S)NC1CCC(C)C1. The quantitative estimate of drug-likeness (QED) is 0.556. The van der Waals surface area contributed by atoms with Crippen LogP contribution in [-0.4, -0.2) is 31.4 Å². The first kappa shape index (κ1) is 12.7. The Labute approximate surface area is 98.0 Å². The molecule has 1 aliphatic rings. The highest BCUT2D eigenvalue weighted by atomic mass is 32.1. The Kier molecular flexibility index (Phi) is 5.95. The van der Waals surface area contributed by atoms with Crippen molar-refractivity contribution in [3.05, 3.63) is 0 Å². The van der Waals surface area contributed by atoms with Crippen molar-refractivity contribution in [1.29, 1.82) is 0 Å². The van der Waals surface area contributed by atoms with Crippen LogP contribution in [0.4, 0.5) is 0 Å². The highest BCUT2D eigenvalue weighted by molar-refractivity contribution is 7.80. The molecular weight excluding hydrogens is 208 g/mol. The molecule has 0 aromatic rings. The van der Waals surface area contributed by atoms with Gasteiger partial charge in [0.15, 0.2) is 5.11 Å². The summed E-state index contributed by atoms with van der Waals surface area (Å²) in [4.78, 5) is 0. The summed E-state index contributed by atoms with van der Waals surface area (Å²) in [6.07, 6.45) is 4.82. The van der Waals surface area contributed by atoms with E-state index in [1.807, 2.05) is 0 Å². The predicted molar refractivity (Wildman–Crippen MR) is 67.0 cm³/mol. The molecule has 4 heteroatoms. The van der Waals surface area contributed by atoms with E-state index in [1.165, 1.54) is 19.3 Å². The number of ether oxygens (including phenoxy) is 1. The molecule has 0 aromatic heterocycles. The molecule has 1 aliphatic carbocycles. The second kappa shape index (κ2) is 7.01. The third-order valence-corrected chi connectivity index (χ3v) is 3.10. The topological polar surface area (TPSA) is 33.3 Å². The zero-order valence-electron chi connectivity index (χ0n) is 9.71. The van der Waals surface area contributed by atoms with E-state index in [4.69, 9.17) is 17.0 Å². The van der Waals surface area contributed by atoms with E-state index in [2.05, 4.69) is 17.6 Å². The molecular formula is C11H22N2OS. The van der Waals surface area contributed by atoms with Gasteiger partial charge in [-0.3, -0.25) is 0 Å². The van der Waals surface area contributed by atoms with Gasteiger partial charge in [-0.25, -0.2) is 0 Å². The first-order valence-electron chi connectivity index (χ1n) is 5.75. The zero-order chi connectivity index (χ0) is 11.1. The van der Waals surface area contributed by atoms with Gasteiger partial charge in [-0.05, 0) is 43.8 Å². The molecule has 0 spiro atoms. The summed E-state index contributed by atoms with van der Waals surface area (Å²) in [5, 5.41) is 7.36. The third-order valence-electron chi connectivity index (χ3n) is 2.84. The molecule has 3 nitrogen and oxygen atoms in total. The van der Waals surface area contributed by atoms with Gasteiger partial charge >= 0.3 is 0 Å². The molecule has 0 radical (unpaired) electrons. The average Bonchev–Trinajstić information content (AvgIpc) is 2.59. The largest absolute Gasteiger partial charge is 0.385 e. The highest BCUT2D eigenvalue weighted by Crippen LogP contribution is 2.24. The molecule has 2 N–H and O–H groups in total. The van der Waals surface area contributed by atoms with Gasteiger partial charge < -0.3 is 15.4 Å². The highest BCUT2D eigenvalue weighted by Gasteiger charge is 2.21. The predicted octanol–water partition coefficient (Wildman–Crippen LogP) is 1.68. The number of thiocarbonyl (C=S) groups is 1. The lowest BCUT2D eigenvalue weighted by atomic mass is 10.1. The number of nitrogens with one attached hydrogen (secondary N) is 2. The van der Waals surface area contributed by atoms with Gasteiger partial charge in [-0.2, -0.15) is 0 Å². The fraction of sp³-hybridized carbons (Fsp3) is 0.909. The fourth-order valence-electron chi connectivity index (χ4n) is 1.99. The van der Waals surface area contributed by atoms with Crippen molar-refractivity contribution >= 4 is 17.3 Å². The molecule has 0 aromatic carbocycles. The summed E-state index contributed by atoms with van der Waals surface area (Å²) in [7, 11) is 1.72. The van der Waals surface area contributed by atoms with Crippen LogP contribution in [0.15, 0.2) is 0 Å². The minimum Gasteiger partial charge on any atom is -0.385 e. The molecule has 2 unspecified atom stereocenters. The summed E-state index contributed by atoms with van der Waals surface area (Å²) >= 11 is 5.22. The van der Waals surface area contributed by atoms with Gasteiger partial charge in [-0.15, -0.1) is 0 Å². The summed E-state index contributed by atoms with van der Waals surface area (Å²) in [5.41, 5.74) is 0. The number of hydrogen-bond acceptors (Lipinski definition) is 2. The molecule has 0 amide bonds. The lowest BCUT2D eigenvalue weighted by Gasteiger charge is -2.15. The Morgan fingerprint density at radius 3 is 2.87 bits per heavy atom. The average molecular weight is 230 g/mol. The fourth-order valence-corrected chi connectivity index (χ4v) is 2.26. The van der Waals surface area contributed by atoms with Gasteiger partial charge in [0.2, 0.25) is 0 Å². The van der Waals surface area contributed by atoms with Gasteiger partial charge in [0.05, 0.1) is 0 Å². The maximum Gasteiger partial charge on any atom is 0.166 e. The lowest BCUT2D eigenvalue weighted by molar-refractivity contribution is 0.195. The standard InChI is InChI=1S/C11H22N2OS/c1-9-4-5-10(8-9)13-11(15)12-6-3-7-14-2/h9-10H,3-8H2,1-2H3,(H2,12,13,15). The Bertz CT molecular complexity index is 199. The minimum absolute atomic E-state index is 0.586. The summed E-state index contributed by atoms with van der Waals surface area (Å²) < 4.78 is 4.97. The normalized spacial score (nSPS) is 25.2. The van der Waals surface area contributed by atoms with E-state index in [0.29, 0.717) is 6.04 Å². The molecule has 2 atom stereocenters. The zero-order valence-corrected chi connectivity index (χ0v) is 10.5. The second-order valence-electron chi connectivity index (χ2n) is 4.36. The Hall–Kier alpha value is -0.350. The van der Waals surface area contributed by atoms with Crippen LogP contribution < -0.4 is 10.6 Å². The van der Waals surface area contributed by atoms with E-state index in [1.54, 1.807) is 7.11 Å². The van der Waals surface area contributed by atoms with Crippen LogP contribution in [0.25, 0.3) is 0 Å². The summed E-state index contributed by atoms with van der Waals surface area (Å²) in [6, 6.07) is 0.586. The van der Waals surface area contributed by atoms with Crippen molar-refractivity contribution < 1.29 is 4.74 Å². The molecule has 88 valence electrons. The molecule has 0 saturated heterocycles. The van der Waals surface area contributed by atoms with Crippen LogP contribution in [0.5, 0.6) is 0 Å². The van der Waals surface area contributed by atoms with Crippen LogP contribution in [0.2, 0.25) is 0 Å². The van der Waals surface area contributed by atoms with E-state index < -0.39 is 0 Å². The van der Waals surface area contributed by atoms with Crippen LogP contribution in [0, 0.1) is 5.92 Å². The number of hydrogen-bond donors (Lipinski definition) is 2. The van der Waals surface area contributed by atoms with Crippen molar-refractivity contribution in [2.75, 3.05) is 20.3 Å². The first-order valence-corrected chi connectivity index (χ1v) is 6.16. The van der Waals surface area contributed by atoms with Crippen molar-refractivity contribution in [2.24, 2.45) is 5.92 Å². The maximum absolute atomic E-state index is 5.22. The molecule has 0 aliphatic heterocycles. The van der Waals surface area contributed by atoms with Gasteiger partial charge in [0, 0.05) is 26.3 Å². The van der Waals surface area contributed by atoms with E-state index in [-0.39, 0.29) is 0 Å². The molecule has 0 heterocycles. The molecule has 1 fully saturated rings. The van der Waals surface area contributed by atoms with Gasteiger partial charge in [0.25, 0.3) is 0 Å². The van der Waals surface area contributed by atoms with Crippen LogP contribution in [0.1, 0.15) is 32.6 Å². The van der Waals surface area contributed by atoms with E-state index in [9.17, 15) is 0 Å². The molecule has 15 heavy (non-hydrogen) atoms. The molecule has 1 rings (SSSR count). The third kappa shape index (κ3) is 5.33.